The largest absolute Gasteiger partial charge is 0.477 e. The minimum atomic E-state index is -1.18. The average molecular weight is 318 g/mol. The van der Waals surface area contributed by atoms with Crippen LogP contribution in [0.5, 0.6) is 0 Å². The van der Waals surface area contributed by atoms with Crippen LogP contribution in [-0.2, 0) is 11.3 Å². The highest BCUT2D eigenvalue weighted by Gasteiger charge is 2.20. The fourth-order valence-corrected chi connectivity index (χ4v) is 2.05. The van der Waals surface area contributed by atoms with Crippen molar-refractivity contribution in [2.75, 3.05) is 20.3 Å². The van der Waals surface area contributed by atoms with E-state index in [0.717, 1.165) is 5.76 Å². The lowest BCUT2D eigenvalue weighted by atomic mass is 10.2. The van der Waals surface area contributed by atoms with E-state index in [9.17, 15) is 9.59 Å². The predicted octanol–water partition coefficient (Wildman–Crippen LogP) is 1.97. The first-order chi connectivity index (χ1) is 11.0. The van der Waals surface area contributed by atoms with Crippen LogP contribution in [0.4, 0.5) is 0 Å². The van der Waals surface area contributed by atoms with Crippen molar-refractivity contribution in [1.29, 1.82) is 0 Å². The van der Waals surface area contributed by atoms with Crippen LogP contribution in [0.25, 0.3) is 0 Å². The molecule has 7 heteroatoms. The molecule has 0 saturated carbocycles. The summed E-state index contributed by atoms with van der Waals surface area (Å²) in [6.45, 7) is 2.77. The van der Waals surface area contributed by atoms with Gasteiger partial charge in [-0.1, -0.05) is 6.07 Å². The summed E-state index contributed by atoms with van der Waals surface area (Å²) in [6.07, 6.45) is 0. The summed E-state index contributed by atoms with van der Waals surface area (Å²) in [5.74, 6) is -0.157. The molecule has 1 N–H and O–H groups in total. The number of hydrogen-bond acceptors (Lipinski definition) is 5. The number of aromatic nitrogens is 1. The molecule has 0 saturated heterocycles. The molecule has 1 amide bonds. The molecule has 122 valence electrons. The number of nitrogens with zero attached hydrogens (tertiary/aromatic N) is 2. The molecule has 0 aromatic carbocycles. The Morgan fingerprint density at radius 3 is 2.61 bits per heavy atom. The van der Waals surface area contributed by atoms with Crippen LogP contribution >= 0.6 is 0 Å². The van der Waals surface area contributed by atoms with Crippen molar-refractivity contribution < 1.29 is 23.8 Å². The Bertz CT molecular complexity index is 695. The molecule has 0 aliphatic heterocycles. The molecular weight excluding hydrogens is 300 g/mol. The van der Waals surface area contributed by atoms with Gasteiger partial charge < -0.3 is 19.2 Å². The Hall–Kier alpha value is -2.67. The van der Waals surface area contributed by atoms with Crippen LogP contribution in [-0.4, -0.2) is 47.1 Å². The van der Waals surface area contributed by atoms with E-state index in [4.69, 9.17) is 14.3 Å². The second-order valence-corrected chi connectivity index (χ2v) is 4.95. The Balaban J connectivity index is 2.21. The zero-order chi connectivity index (χ0) is 16.8. The lowest BCUT2D eigenvalue weighted by molar-refractivity contribution is 0.0658. The molecule has 2 heterocycles. The smallest absolute Gasteiger partial charge is 0.354 e. The van der Waals surface area contributed by atoms with Crippen molar-refractivity contribution in [3.8, 4) is 0 Å². The maximum atomic E-state index is 12.6. The van der Waals surface area contributed by atoms with E-state index in [1.54, 1.807) is 13.2 Å². The lowest BCUT2D eigenvalue weighted by Crippen LogP contribution is -2.34. The van der Waals surface area contributed by atoms with E-state index >= 15 is 0 Å². The van der Waals surface area contributed by atoms with Crippen molar-refractivity contribution in [3.63, 3.8) is 0 Å². The van der Waals surface area contributed by atoms with Gasteiger partial charge in [0.25, 0.3) is 5.91 Å². The van der Waals surface area contributed by atoms with E-state index in [-0.39, 0.29) is 23.8 Å². The van der Waals surface area contributed by atoms with Crippen LogP contribution in [0.15, 0.2) is 34.7 Å². The second-order valence-electron chi connectivity index (χ2n) is 4.95. The van der Waals surface area contributed by atoms with E-state index < -0.39 is 5.97 Å². The number of furan rings is 1. The standard InChI is InChI=1S/C16H18N2O5/c1-11-6-7-12(23-11)10-18(8-9-22-2)15(19)13-4-3-5-14(17-13)16(20)21/h3-7H,8-10H2,1-2H3,(H,20,21). The zero-order valence-corrected chi connectivity index (χ0v) is 13.0. The topological polar surface area (TPSA) is 92.9 Å². The summed E-state index contributed by atoms with van der Waals surface area (Å²) >= 11 is 0. The van der Waals surface area contributed by atoms with Crippen LogP contribution in [0.3, 0.4) is 0 Å². The van der Waals surface area contributed by atoms with Gasteiger partial charge in [-0.15, -0.1) is 0 Å². The Labute approximate surface area is 133 Å². The first-order valence-corrected chi connectivity index (χ1v) is 7.05. The Morgan fingerprint density at radius 2 is 2.00 bits per heavy atom. The highest BCUT2D eigenvalue weighted by atomic mass is 16.5. The molecule has 0 fully saturated rings. The number of ether oxygens (including phenoxy) is 1. The zero-order valence-electron chi connectivity index (χ0n) is 13.0. The number of carboxylic acid groups (broad SMARTS) is 1. The summed E-state index contributed by atoms with van der Waals surface area (Å²) in [5, 5.41) is 8.99. The molecule has 0 atom stereocenters. The third-order valence-electron chi connectivity index (χ3n) is 3.18. The molecule has 0 unspecified atom stereocenters. The van der Waals surface area contributed by atoms with Gasteiger partial charge in [0.2, 0.25) is 0 Å². The monoisotopic (exact) mass is 318 g/mol. The van der Waals surface area contributed by atoms with Gasteiger partial charge >= 0.3 is 5.97 Å². The van der Waals surface area contributed by atoms with Crippen molar-refractivity contribution in [1.82, 2.24) is 9.88 Å². The molecule has 7 nitrogen and oxygen atoms in total. The molecule has 23 heavy (non-hydrogen) atoms. The van der Waals surface area contributed by atoms with Crippen LogP contribution in [0, 0.1) is 6.92 Å². The Morgan fingerprint density at radius 1 is 1.26 bits per heavy atom. The van der Waals surface area contributed by atoms with Gasteiger partial charge in [-0.25, -0.2) is 9.78 Å². The van der Waals surface area contributed by atoms with Crippen molar-refractivity contribution in [2.45, 2.75) is 13.5 Å². The lowest BCUT2D eigenvalue weighted by Gasteiger charge is -2.21. The quantitative estimate of drug-likeness (QED) is 0.839. The minimum Gasteiger partial charge on any atom is -0.477 e. The number of carbonyl (C=O) groups excluding carboxylic acids is 1. The maximum absolute atomic E-state index is 12.6. The predicted molar refractivity (Wildman–Crippen MR) is 81.3 cm³/mol. The number of amides is 1. The van der Waals surface area contributed by atoms with Gasteiger partial charge in [-0.2, -0.15) is 0 Å². The SMILES string of the molecule is COCCN(Cc1ccc(C)o1)C(=O)c1cccc(C(=O)O)n1. The van der Waals surface area contributed by atoms with Gasteiger partial charge in [0, 0.05) is 13.7 Å². The summed E-state index contributed by atoms with van der Waals surface area (Å²) in [4.78, 5) is 29.0. The average Bonchev–Trinajstić information content (AvgIpc) is 2.96. The molecule has 2 aromatic heterocycles. The number of methoxy groups -OCH3 is 1. The fraction of sp³-hybridized carbons (Fsp3) is 0.312. The molecule has 2 rings (SSSR count). The molecule has 2 aromatic rings. The van der Waals surface area contributed by atoms with Gasteiger partial charge in [0.1, 0.15) is 22.9 Å². The first-order valence-electron chi connectivity index (χ1n) is 7.05. The molecule has 0 aliphatic carbocycles. The third-order valence-corrected chi connectivity index (χ3v) is 3.18. The van der Waals surface area contributed by atoms with Crippen molar-refractivity contribution in [2.24, 2.45) is 0 Å². The van der Waals surface area contributed by atoms with E-state index in [2.05, 4.69) is 4.98 Å². The van der Waals surface area contributed by atoms with E-state index in [1.807, 2.05) is 13.0 Å². The number of carboxylic acids is 1. The summed E-state index contributed by atoms with van der Waals surface area (Å²) in [5.41, 5.74) is -0.0966. The molecule has 0 spiro atoms. The normalized spacial score (nSPS) is 10.5. The third kappa shape index (κ3) is 4.40. The van der Waals surface area contributed by atoms with Gasteiger partial charge in [0.05, 0.1) is 13.2 Å². The van der Waals surface area contributed by atoms with E-state index in [0.29, 0.717) is 18.9 Å². The number of aryl methyl sites for hydroxylation is 1. The van der Waals surface area contributed by atoms with Gasteiger partial charge in [-0.05, 0) is 31.2 Å². The van der Waals surface area contributed by atoms with Crippen molar-refractivity contribution >= 4 is 11.9 Å². The summed E-state index contributed by atoms with van der Waals surface area (Å²) in [6, 6.07) is 7.94. The van der Waals surface area contributed by atoms with Gasteiger partial charge in [-0.3, -0.25) is 4.79 Å². The highest BCUT2D eigenvalue weighted by Crippen LogP contribution is 2.12. The number of aromatic carboxylic acids is 1. The Kier molecular flexibility index (Phi) is 5.48. The highest BCUT2D eigenvalue weighted by molar-refractivity contribution is 5.94. The molecular formula is C16H18N2O5. The molecule has 0 aliphatic rings. The van der Waals surface area contributed by atoms with Crippen LogP contribution in [0.2, 0.25) is 0 Å². The van der Waals surface area contributed by atoms with E-state index in [1.165, 1.54) is 23.1 Å². The maximum Gasteiger partial charge on any atom is 0.354 e. The summed E-state index contributed by atoms with van der Waals surface area (Å²) in [7, 11) is 1.54. The second kappa shape index (κ2) is 7.55. The van der Waals surface area contributed by atoms with Crippen molar-refractivity contribution in [3.05, 3.63) is 53.2 Å². The first kappa shape index (κ1) is 16.7. The van der Waals surface area contributed by atoms with Gasteiger partial charge in [0.15, 0.2) is 0 Å². The molecule has 0 bridgehead atoms. The van der Waals surface area contributed by atoms with Crippen LogP contribution < -0.4 is 0 Å². The molecule has 0 radical (unpaired) electrons. The number of pyridine rings is 1. The minimum absolute atomic E-state index is 0.0734. The van der Waals surface area contributed by atoms with Crippen LogP contribution in [0.1, 0.15) is 32.5 Å². The number of carbonyl (C=O) groups is 2. The fourth-order valence-electron chi connectivity index (χ4n) is 2.05. The number of rotatable bonds is 7. The number of hydrogen-bond donors (Lipinski definition) is 1. The summed E-state index contributed by atoms with van der Waals surface area (Å²) < 4.78 is 10.5.